The summed E-state index contributed by atoms with van der Waals surface area (Å²) in [5.41, 5.74) is 6.05. The van der Waals surface area contributed by atoms with E-state index in [2.05, 4.69) is 4.98 Å². The molecule has 0 unspecified atom stereocenters. The second kappa shape index (κ2) is 4.41. The van der Waals surface area contributed by atoms with Crippen molar-refractivity contribution in [3.05, 3.63) is 39.3 Å². The van der Waals surface area contributed by atoms with Gasteiger partial charge in [0.1, 0.15) is 10.7 Å². The molecule has 0 atom stereocenters. The van der Waals surface area contributed by atoms with Crippen LogP contribution < -0.4 is 5.73 Å². The number of primary amides is 1. The van der Waals surface area contributed by atoms with Crippen molar-refractivity contribution in [2.75, 3.05) is 0 Å². The largest absolute Gasteiger partial charge is 0.364 e. The average molecular weight is 273 g/mol. The summed E-state index contributed by atoms with van der Waals surface area (Å²) in [4.78, 5) is 15.0. The van der Waals surface area contributed by atoms with Crippen LogP contribution in [0.15, 0.2) is 23.6 Å². The van der Waals surface area contributed by atoms with Crippen LogP contribution in [0.2, 0.25) is 10.0 Å². The van der Waals surface area contributed by atoms with Gasteiger partial charge in [0, 0.05) is 10.9 Å². The van der Waals surface area contributed by atoms with Crippen molar-refractivity contribution in [2.45, 2.75) is 0 Å². The van der Waals surface area contributed by atoms with Gasteiger partial charge in [-0.05, 0) is 6.07 Å². The zero-order valence-corrected chi connectivity index (χ0v) is 10.2. The van der Waals surface area contributed by atoms with Crippen LogP contribution in [-0.2, 0) is 0 Å². The lowest BCUT2D eigenvalue weighted by atomic mass is 10.2. The van der Waals surface area contributed by atoms with E-state index in [1.165, 1.54) is 11.3 Å². The number of carbonyl (C=O) groups is 1. The Morgan fingerprint density at radius 2 is 2.12 bits per heavy atom. The van der Waals surface area contributed by atoms with E-state index < -0.39 is 5.91 Å². The van der Waals surface area contributed by atoms with E-state index >= 15 is 0 Å². The highest BCUT2D eigenvalue weighted by Gasteiger charge is 2.12. The van der Waals surface area contributed by atoms with Crippen molar-refractivity contribution in [3.63, 3.8) is 0 Å². The maximum Gasteiger partial charge on any atom is 0.268 e. The van der Waals surface area contributed by atoms with Crippen LogP contribution in [0, 0.1) is 0 Å². The summed E-state index contributed by atoms with van der Waals surface area (Å²) < 4.78 is 0. The van der Waals surface area contributed by atoms with Crippen LogP contribution >= 0.6 is 34.5 Å². The van der Waals surface area contributed by atoms with Gasteiger partial charge >= 0.3 is 0 Å². The number of carbonyl (C=O) groups excluding carboxylic acids is 1. The van der Waals surface area contributed by atoms with Crippen LogP contribution in [0.5, 0.6) is 0 Å². The lowest BCUT2D eigenvalue weighted by Crippen LogP contribution is -2.10. The van der Waals surface area contributed by atoms with Crippen LogP contribution in [-0.4, -0.2) is 10.9 Å². The Morgan fingerprint density at radius 3 is 2.75 bits per heavy atom. The molecule has 0 saturated carbocycles. The number of nitrogens with two attached hydrogens (primary N) is 1. The quantitative estimate of drug-likeness (QED) is 0.913. The molecule has 1 amide bonds. The molecule has 82 valence electrons. The third kappa shape index (κ3) is 2.04. The summed E-state index contributed by atoms with van der Waals surface area (Å²) >= 11 is 13.2. The Morgan fingerprint density at radius 1 is 1.38 bits per heavy atom. The second-order valence-electron chi connectivity index (χ2n) is 3.00. The van der Waals surface area contributed by atoms with Gasteiger partial charge in [-0.25, -0.2) is 4.98 Å². The van der Waals surface area contributed by atoms with Crippen molar-refractivity contribution in [1.82, 2.24) is 4.98 Å². The molecule has 2 rings (SSSR count). The van der Waals surface area contributed by atoms with Crippen molar-refractivity contribution in [2.24, 2.45) is 5.73 Å². The molecule has 0 spiro atoms. The van der Waals surface area contributed by atoms with Crippen molar-refractivity contribution in [3.8, 4) is 10.6 Å². The summed E-state index contributed by atoms with van der Waals surface area (Å²) in [5, 5.41) is 3.10. The van der Waals surface area contributed by atoms with E-state index in [-0.39, 0.29) is 5.69 Å². The number of thiazole rings is 1. The maximum absolute atomic E-state index is 10.9. The van der Waals surface area contributed by atoms with E-state index in [1.807, 2.05) is 0 Å². The molecule has 0 radical (unpaired) electrons. The first-order valence-electron chi connectivity index (χ1n) is 4.29. The number of amides is 1. The highest BCUT2D eigenvalue weighted by Crippen LogP contribution is 2.34. The molecule has 0 bridgehead atoms. The topological polar surface area (TPSA) is 56.0 Å². The molecular weight excluding hydrogens is 267 g/mol. The minimum atomic E-state index is -0.555. The van der Waals surface area contributed by atoms with Gasteiger partial charge in [-0.15, -0.1) is 11.3 Å². The van der Waals surface area contributed by atoms with Gasteiger partial charge in [0.05, 0.1) is 10.0 Å². The lowest BCUT2D eigenvalue weighted by Gasteiger charge is -2.01. The maximum atomic E-state index is 10.9. The fourth-order valence-corrected chi connectivity index (χ4v) is 2.47. The van der Waals surface area contributed by atoms with Gasteiger partial charge in [0.25, 0.3) is 5.91 Å². The number of aromatic nitrogens is 1. The van der Waals surface area contributed by atoms with Gasteiger partial charge in [-0.1, -0.05) is 35.3 Å². The van der Waals surface area contributed by atoms with Crippen LogP contribution in [0.1, 0.15) is 10.5 Å². The molecule has 0 saturated heterocycles. The van der Waals surface area contributed by atoms with Crippen LogP contribution in [0.4, 0.5) is 0 Å². The first-order valence-corrected chi connectivity index (χ1v) is 5.93. The van der Waals surface area contributed by atoms with E-state index in [0.717, 1.165) is 0 Å². The van der Waals surface area contributed by atoms with E-state index in [1.54, 1.807) is 23.6 Å². The number of hydrogen-bond donors (Lipinski definition) is 1. The van der Waals surface area contributed by atoms with Crippen molar-refractivity contribution < 1.29 is 4.79 Å². The smallest absolute Gasteiger partial charge is 0.268 e. The molecule has 6 heteroatoms. The molecule has 16 heavy (non-hydrogen) atoms. The minimum Gasteiger partial charge on any atom is -0.364 e. The molecule has 1 aromatic carbocycles. The Kier molecular flexibility index (Phi) is 3.14. The van der Waals surface area contributed by atoms with E-state index in [0.29, 0.717) is 20.6 Å². The normalized spacial score (nSPS) is 10.4. The summed E-state index contributed by atoms with van der Waals surface area (Å²) in [6, 6.07) is 5.25. The van der Waals surface area contributed by atoms with Gasteiger partial charge in [-0.2, -0.15) is 0 Å². The zero-order valence-electron chi connectivity index (χ0n) is 7.91. The monoisotopic (exact) mass is 272 g/mol. The lowest BCUT2D eigenvalue weighted by molar-refractivity contribution is 0.0996. The molecular formula is C10H6Cl2N2OS. The van der Waals surface area contributed by atoms with Gasteiger partial charge in [0.2, 0.25) is 0 Å². The Bertz CT molecular complexity index is 554. The van der Waals surface area contributed by atoms with E-state index in [9.17, 15) is 4.79 Å². The third-order valence-corrected chi connectivity index (χ3v) is 3.63. The van der Waals surface area contributed by atoms with Crippen molar-refractivity contribution in [1.29, 1.82) is 0 Å². The van der Waals surface area contributed by atoms with Gasteiger partial charge in [-0.3, -0.25) is 4.79 Å². The molecule has 3 nitrogen and oxygen atoms in total. The number of benzene rings is 1. The number of halogens is 2. The van der Waals surface area contributed by atoms with Gasteiger partial charge < -0.3 is 5.73 Å². The molecule has 2 aromatic rings. The number of hydrogen-bond acceptors (Lipinski definition) is 3. The fraction of sp³-hybridized carbons (Fsp3) is 0. The summed E-state index contributed by atoms with van der Waals surface area (Å²) in [5.74, 6) is -0.555. The minimum absolute atomic E-state index is 0.232. The van der Waals surface area contributed by atoms with Crippen molar-refractivity contribution >= 4 is 40.4 Å². The Balaban J connectivity index is 2.50. The molecule has 1 heterocycles. The van der Waals surface area contributed by atoms with E-state index in [4.69, 9.17) is 28.9 Å². The van der Waals surface area contributed by atoms with Gasteiger partial charge in [0.15, 0.2) is 0 Å². The number of nitrogens with zero attached hydrogens (tertiary/aromatic N) is 1. The molecule has 0 aliphatic heterocycles. The average Bonchev–Trinajstić information content (AvgIpc) is 2.71. The highest BCUT2D eigenvalue weighted by atomic mass is 35.5. The third-order valence-electron chi connectivity index (χ3n) is 1.94. The summed E-state index contributed by atoms with van der Waals surface area (Å²) in [7, 11) is 0. The zero-order chi connectivity index (χ0) is 11.7. The molecule has 2 N–H and O–H groups in total. The first kappa shape index (κ1) is 11.4. The standard InChI is InChI=1S/C10H6Cl2N2OS/c11-6-3-1-2-5(8(6)12)10-14-7(4-16-10)9(13)15/h1-4H,(H2,13,15). The Labute approximate surface area is 106 Å². The predicted octanol–water partition coefficient (Wildman–Crippen LogP) is 3.22. The molecule has 1 aromatic heterocycles. The predicted molar refractivity (Wildman–Crippen MR) is 66.1 cm³/mol. The number of rotatable bonds is 2. The SMILES string of the molecule is NC(=O)c1csc(-c2cccc(Cl)c2Cl)n1. The molecule has 0 fully saturated rings. The van der Waals surface area contributed by atoms with Crippen LogP contribution in [0.25, 0.3) is 10.6 Å². The second-order valence-corrected chi connectivity index (χ2v) is 4.65. The van der Waals surface area contributed by atoms with Crippen LogP contribution in [0.3, 0.4) is 0 Å². The summed E-state index contributed by atoms with van der Waals surface area (Å²) in [6.45, 7) is 0. The Hall–Kier alpha value is -1.10. The highest BCUT2D eigenvalue weighted by molar-refractivity contribution is 7.13. The first-order chi connectivity index (χ1) is 7.59. The fourth-order valence-electron chi connectivity index (χ4n) is 1.18. The summed E-state index contributed by atoms with van der Waals surface area (Å²) in [6.07, 6.45) is 0. The molecule has 0 aliphatic carbocycles. The molecule has 0 aliphatic rings.